The number of nitrogens with one attached hydrogen (secondary N) is 1. The van der Waals surface area contributed by atoms with Crippen molar-refractivity contribution < 1.29 is 9.53 Å². The van der Waals surface area contributed by atoms with Crippen LogP contribution in [0, 0.1) is 6.92 Å². The van der Waals surface area contributed by atoms with Gasteiger partial charge in [-0.15, -0.1) is 0 Å². The maximum absolute atomic E-state index is 12.6. The number of benzene rings is 1. The highest BCUT2D eigenvalue weighted by molar-refractivity contribution is 5.75. The number of piperazine rings is 1. The predicted octanol–water partition coefficient (Wildman–Crippen LogP) is 2.57. The monoisotopic (exact) mass is 381 g/mol. The van der Waals surface area contributed by atoms with Gasteiger partial charge in [0.15, 0.2) is 0 Å². The number of nitrogens with zero attached hydrogens (tertiary/aromatic N) is 4. The van der Waals surface area contributed by atoms with Crippen LogP contribution in [0.3, 0.4) is 0 Å². The van der Waals surface area contributed by atoms with Crippen molar-refractivity contribution in [2.45, 2.75) is 32.2 Å². The molecule has 7 nitrogen and oxygen atoms in total. The summed E-state index contributed by atoms with van der Waals surface area (Å²) < 4.78 is 5.49. The van der Waals surface area contributed by atoms with E-state index in [0.717, 1.165) is 36.8 Å². The predicted molar refractivity (Wildman–Crippen MR) is 108 cm³/mol. The lowest BCUT2D eigenvalue weighted by molar-refractivity contribution is 0.193. The summed E-state index contributed by atoms with van der Waals surface area (Å²) in [5, 5.41) is 3.19. The van der Waals surface area contributed by atoms with Crippen LogP contribution in [0.2, 0.25) is 0 Å². The molecule has 4 rings (SSSR count). The summed E-state index contributed by atoms with van der Waals surface area (Å²) in [7, 11) is 0. The minimum atomic E-state index is 0.0361. The van der Waals surface area contributed by atoms with Crippen LogP contribution in [-0.2, 0) is 0 Å². The first-order chi connectivity index (χ1) is 13.7. The van der Waals surface area contributed by atoms with Crippen molar-refractivity contribution in [1.29, 1.82) is 0 Å². The first-order valence-corrected chi connectivity index (χ1v) is 9.96. The normalized spacial score (nSPS) is 21.4. The van der Waals surface area contributed by atoms with Crippen molar-refractivity contribution in [3.05, 3.63) is 47.9 Å². The van der Waals surface area contributed by atoms with Crippen molar-refractivity contribution in [1.82, 2.24) is 20.2 Å². The zero-order valence-electron chi connectivity index (χ0n) is 16.5. The van der Waals surface area contributed by atoms with Crippen LogP contribution in [-0.4, -0.2) is 59.7 Å². The lowest BCUT2D eigenvalue weighted by Crippen LogP contribution is -2.52. The molecule has 28 heavy (non-hydrogen) atoms. The van der Waals surface area contributed by atoms with Crippen molar-refractivity contribution in [3.63, 3.8) is 0 Å². The van der Waals surface area contributed by atoms with Crippen molar-refractivity contribution in [2.75, 3.05) is 37.7 Å². The van der Waals surface area contributed by atoms with Crippen LogP contribution in [0.5, 0.6) is 5.75 Å². The summed E-state index contributed by atoms with van der Waals surface area (Å²) in [4.78, 5) is 25.5. The molecule has 1 N–H and O–H groups in total. The second-order valence-electron chi connectivity index (χ2n) is 7.34. The summed E-state index contributed by atoms with van der Waals surface area (Å²) >= 11 is 0. The van der Waals surface area contributed by atoms with Gasteiger partial charge in [0.1, 0.15) is 11.6 Å². The Morgan fingerprint density at radius 3 is 2.54 bits per heavy atom. The number of aromatic nitrogens is 2. The zero-order valence-corrected chi connectivity index (χ0v) is 16.5. The quantitative estimate of drug-likeness (QED) is 0.862. The van der Waals surface area contributed by atoms with Crippen LogP contribution < -0.4 is 15.0 Å². The molecule has 0 spiro atoms. The van der Waals surface area contributed by atoms with Crippen LogP contribution in [0.1, 0.15) is 30.5 Å². The molecule has 1 aromatic carbocycles. The van der Waals surface area contributed by atoms with E-state index in [-0.39, 0.29) is 12.1 Å². The molecule has 2 fully saturated rings. The van der Waals surface area contributed by atoms with Crippen molar-refractivity contribution in [3.8, 4) is 5.75 Å². The molecule has 2 aromatic rings. The highest BCUT2D eigenvalue weighted by Crippen LogP contribution is 2.41. The van der Waals surface area contributed by atoms with Gasteiger partial charge in [0.2, 0.25) is 0 Å². The third-order valence-corrected chi connectivity index (χ3v) is 5.44. The molecule has 1 aromatic heterocycles. The largest absolute Gasteiger partial charge is 0.494 e. The molecule has 1 saturated heterocycles. The Kier molecular flexibility index (Phi) is 5.32. The summed E-state index contributed by atoms with van der Waals surface area (Å²) in [5.41, 5.74) is 2.19. The molecule has 0 unspecified atom stereocenters. The maximum Gasteiger partial charge on any atom is 0.317 e. The maximum atomic E-state index is 12.6. The van der Waals surface area contributed by atoms with Gasteiger partial charge in [-0.1, -0.05) is 12.1 Å². The van der Waals surface area contributed by atoms with E-state index < -0.39 is 0 Å². The zero-order chi connectivity index (χ0) is 19.5. The minimum absolute atomic E-state index is 0.0361. The van der Waals surface area contributed by atoms with E-state index in [0.29, 0.717) is 25.6 Å². The van der Waals surface area contributed by atoms with E-state index in [1.165, 1.54) is 5.56 Å². The smallest absolute Gasteiger partial charge is 0.317 e. The molecule has 1 saturated carbocycles. The number of aryl methyl sites for hydroxylation is 1. The van der Waals surface area contributed by atoms with Gasteiger partial charge >= 0.3 is 6.03 Å². The number of hydrogen-bond acceptors (Lipinski definition) is 5. The fourth-order valence-corrected chi connectivity index (χ4v) is 3.78. The minimum Gasteiger partial charge on any atom is -0.494 e. The fraction of sp³-hybridized carbons (Fsp3) is 0.476. The number of urea groups is 1. The second kappa shape index (κ2) is 8.04. The number of hydrogen-bond donors (Lipinski definition) is 1. The Hall–Kier alpha value is -2.83. The average molecular weight is 381 g/mol. The lowest BCUT2D eigenvalue weighted by Gasteiger charge is -2.35. The molecule has 1 aliphatic carbocycles. The summed E-state index contributed by atoms with van der Waals surface area (Å²) in [6.45, 7) is 7.57. The van der Waals surface area contributed by atoms with E-state index in [2.05, 4.69) is 32.3 Å². The summed E-state index contributed by atoms with van der Waals surface area (Å²) in [5.74, 6) is 2.21. The van der Waals surface area contributed by atoms with E-state index in [9.17, 15) is 4.79 Å². The summed E-state index contributed by atoms with van der Waals surface area (Å²) in [6.07, 6.45) is 4.42. The highest BCUT2D eigenvalue weighted by atomic mass is 16.5. The van der Waals surface area contributed by atoms with E-state index in [1.54, 1.807) is 12.4 Å². The Balaban J connectivity index is 1.26. The molecule has 0 bridgehead atoms. The Morgan fingerprint density at radius 1 is 1.14 bits per heavy atom. The first-order valence-electron chi connectivity index (χ1n) is 9.96. The van der Waals surface area contributed by atoms with Crippen LogP contribution in [0.25, 0.3) is 0 Å². The van der Waals surface area contributed by atoms with Crippen LogP contribution >= 0.6 is 0 Å². The Morgan fingerprint density at radius 2 is 1.86 bits per heavy atom. The van der Waals surface area contributed by atoms with Gasteiger partial charge in [-0.25, -0.2) is 9.78 Å². The van der Waals surface area contributed by atoms with Gasteiger partial charge in [0.25, 0.3) is 0 Å². The van der Waals surface area contributed by atoms with Crippen molar-refractivity contribution >= 4 is 11.8 Å². The van der Waals surface area contributed by atoms with Crippen LogP contribution in [0.4, 0.5) is 10.6 Å². The molecule has 2 aliphatic rings. The van der Waals surface area contributed by atoms with Crippen LogP contribution in [0.15, 0.2) is 36.7 Å². The number of amides is 2. The standard InChI is InChI=1S/C21H27N5O2/c1-3-28-17-6-4-16(5-7-17)18-14-19(18)24-21(27)26-12-10-25(11-13-26)20-15(2)22-8-9-23-20/h4-9,18-19H,3,10-14H2,1-2H3,(H,24,27)/t18-,19+/m0/s1. The second-order valence-corrected chi connectivity index (χ2v) is 7.34. The first kappa shape index (κ1) is 18.5. The molecule has 0 radical (unpaired) electrons. The molecule has 148 valence electrons. The molecule has 2 amide bonds. The van der Waals surface area contributed by atoms with Gasteiger partial charge < -0.3 is 19.9 Å². The molecule has 2 atom stereocenters. The van der Waals surface area contributed by atoms with E-state index in [4.69, 9.17) is 4.74 Å². The molecular formula is C21H27N5O2. The van der Waals surface area contributed by atoms with Gasteiger partial charge in [0, 0.05) is 50.5 Å². The van der Waals surface area contributed by atoms with Gasteiger partial charge in [0.05, 0.1) is 12.3 Å². The molecular weight excluding hydrogens is 354 g/mol. The average Bonchev–Trinajstić information content (AvgIpc) is 3.48. The topological polar surface area (TPSA) is 70.6 Å². The SMILES string of the molecule is CCOc1ccc([C@@H]2C[C@H]2NC(=O)N2CCN(c3nccnc3C)CC2)cc1. The Labute approximate surface area is 165 Å². The van der Waals surface area contributed by atoms with E-state index in [1.807, 2.05) is 30.9 Å². The third kappa shape index (κ3) is 4.03. The number of ether oxygens (including phenoxy) is 1. The van der Waals surface area contributed by atoms with Gasteiger partial charge in [-0.05, 0) is 38.0 Å². The Bertz CT molecular complexity index is 818. The lowest BCUT2D eigenvalue weighted by atomic mass is 10.1. The third-order valence-electron chi connectivity index (χ3n) is 5.44. The van der Waals surface area contributed by atoms with Gasteiger partial charge in [-0.3, -0.25) is 4.98 Å². The summed E-state index contributed by atoms with van der Waals surface area (Å²) in [6, 6.07) is 8.47. The molecule has 2 heterocycles. The number of anilines is 1. The number of rotatable bonds is 5. The molecule has 1 aliphatic heterocycles. The highest BCUT2D eigenvalue weighted by Gasteiger charge is 2.40. The number of carbonyl (C=O) groups is 1. The fourth-order valence-electron chi connectivity index (χ4n) is 3.78. The van der Waals surface area contributed by atoms with Crippen molar-refractivity contribution in [2.24, 2.45) is 0 Å². The van der Waals surface area contributed by atoms with Gasteiger partial charge in [-0.2, -0.15) is 0 Å². The molecule has 7 heteroatoms. The van der Waals surface area contributed by atoms with E-state index >= 15 is 0 Å². The number of carbonyl (C=O) groups excluding carboxylic acids is 1.